The third-order valence-electron chi connectivity index (χ3n) is 3.08. The lowest BCUT2D eigenvalue weighted by Gasteiger charge is -2.28. The quantitative estimate of drug-likeness (QED) is 0.626. The van der Waals surface area contributed by atoms with Gasteiger partial charge in [0.2, 0.25) is 5.91 Å². The molecule has 1 aliphatic heterocycles. The molecule has 1 amide bonds. The molecule has 5 nitrogen and oxygen atoms in total. The van der Waals surface area contributed by atoms with Crippen molar-refractivity contribution in [2.75, 3.05) is 40.0 Å². The van der Waals surface area contributed by atoms with E-state index in [1.807, 2.05) is 0 Å². The first-order chi connectivity index (χ1) is 8.25. The highest BCUT2D eigenvalue weighted by Gasteiger charge is 2.26. The fourth-order valence-corrected chi connectivity index (χ4v) is 2.02. The third-order valence-corrected chi connectivity index (χ3v) is 3.08. The van der Waals surface area contributed by atoms with Gasteiger partial charge in [-0.15, -0.1) is 0 Å². The highest BCUT2D eigenvalue weighted by atomic mass is 16.5. The Morgan fingerprint density at radius 1 is 1.41 bits per heavy atom. The minimum atomic E-state index is 0.0997. The standard InChI is InChI=1S/C12H24N2O3/c1-10-11(4-3-5-13-10)12(15)14-6-7-17-9-8-16-2/h10-11,13H,3-9H2,1-2H3,(H,14,15). The second-order valence-corrected chi connectivity index (χ2v) is 4.39. The second-order valence-electron chi connectivity index (χ2n) is 4.39. The molecule has 2 N–H and O–H groups in total. The molecule has 1 saturated heterocycles. The molecular formula is C12H24N2O3. The minimum absolute atomic E-state index is 0.0997. The van der Waals surface area contributed by atoms with E-state index in [9.17, 15) is 4.79 Å². The average molecular weight is 244 g/mol. The summed E-state index contributed by atoms with van der Waals surface area (Å²) in [5, 5.41) is 6.24. The molecule has 2 unspecified atom stereocenters. The summed E-state index contributed by atoms with van der Waals surface area (Å²) in [6.45, 7) is 5.38. The first-order valence-corrected chi connectivity index (χ1v) is 6.33. The van der Waals surface area contributed by atoms with Gasteiger partial charge in [-0.1, -0.05) is 0 Å². The third kappa shape index (κ3) is 5.48. The maximum absolute atomic E-state index is 11.9. The lowest BCUT2D eigenvalue weighted by Crippen LogP contribution is -2.47. The molecule has 1 fully saturated rings. The Balaban J connectivity index is 2.07. The number of piperidine rings is 1. The number of ether oxygens (including phenoxy) is 2. The molecule has 0 aromatic rings. The molecule has 0 saturated carbocycles. The van der Waals surface area contributed by atoms with Gasteiger partial charge in [-0.2, -0.15) is 0 Å². The number of carbonyl (C=O) groups is 1. The Kier molecular flexibility index (Phi) is 7.16. The smallest absolute Gasteiger partial charge is 0.224 e. The van der Waals surface area contributed by atoms with Gasteiger partial charge >= 0.3 is 0 Å². The molecule has 1 aliphatic rings. The van der Waals surface area contributed by atoms with Crippen molar-refractivity contribution in [3.05, 3.63) is 0 Å². The Morgan fingerprint density at radius 3 is 2.94 bits per heavy atom. The number of carbonyl (C=O) groups excluding carboxylic acids is 1. The number of amides is 1. The van der Waals surface area contributed by atoms with Gasteiger partial charge in [-0.05, 0) is 26.3 Å². The van der Waals surface area contributed by atoms with Crippen LogP contribution in [0.3, 0.4) is 0 Å². The van der Waals surface area contributed by atoms with Crippen molar-refractivity contribution >= 4 is 5.91 Å². The van der Waals surface area contributed by atoms with E-state index in [2.05, 4.69) is 17.6 Å². The normalized spacial score (nSPS) is 24.6. The molecular weight excluding hydrogens is 220 g/mol. The second kappa shape index (κ2) is 8.44. The molecule has 5 heteroatoms. The molecule has 0 aromatic heterocycles. The Labute approximate surface area is 103 Å². The highest BCUT2D eigenvalue weighted by molar-refractivity contribution is 5.79. The van der Waals surface area contributed by atoms with Crippen molar-refractivity contribution in [3.8, 4) is 0 Å². The predicted octanol–water partition coefficient (Wildman–Crippen LogP) is 0.154. The summed E-state index contributed by atoms with van der Waals surface area (Å²) in [7, 11) is 1.64. The lowest BCUT2D eigenvalue weighted by atomic mass is 9.91. The van der Waals surface area contributed by atoms with Crippen molar-refractivity contribution in [2.24, 2.45) is 5.92 Å². The van der Waals surface area contributed by atoms with Gasteiger partial charge in [0.1, 0.15) is 0 Å². The maximum Gasteiger partial charge on any atom is 0.224 e. The predicted molar refractivity (Wildman–Crippen MR) is 65.9 cm³/mol. The van der Waals surface area contributed by atoms with Crippen LogP contribution in [0.1, 0.15) is 19.8 Å². The summed E-state index contributed by atoms with van der Waals surface area (Å²) in [6, 6.07) is 0.276. The van der Waals surface area contributed by atoms with E-state index in [-0.39, 0.29) is 17.9 Å². The largest absolute Gasteiger partial charge is 0.382 e. The Morgan fingerprint density at radius 2 is 2.24 bits per heavy atom. The van der Waals surface area contributed by atoms with Gasteiger partial charge < -0.3 is 20.1 Å². The minimum Gasteiger partial charge on any atom is -0.382 e. The summed E-state index contributed by atoms with van der Waals surface area (Å²) in [6.07, 6.45) is 2.05. The molecule has 0 aromatic carbocycles. The number of rotatable bonds is 7. The first kappa shape index (κ1) is 14.4. The van der Waals surface area contributed by atoms with Crippen molar-refractivity contribution in [1.82, 2.24) is 10.6 Å². The summed E-state index contributed by atoms with van der Waals surface area (Å²) < 4.78 is 10.1. The van der Waals surface area contributed by atoms with E-state index in [0.717, 1.165) is 19.4 Å². The van der Waals surface area contributed by atoms with Crippen molar-refractivity contribution in [1.29, 1.82) is 0 Å². The van der Waals surface area contributed by atoms with Gasteiger partial charge in [-0.25, -0.2) is 0 Å². The highest BCUT2D eigenvalue weighted by Crippen LogP contribution is 2.15. The van der Waals surface area contributed by atoms with Crippen LogP contribution in [0.25, 0.3) is 0 Å². The van der Waals surface area contributed by atoms with Gasteiger partial charge in [0, 0.05) is 19.7 Å². The molecule has 0 bridgehead atoms. The van der Waals surface area contributed by atoms with Crippen LogP contribution in [-0.2, 0) is 14.3 Å². The van der Waals surface area contributed by atoms with E-state index < -0.39 is 0 Å². The average Bonchev–Trinajstić information content (AvgIpc) is 2.34. The summed E-state index contributed by atoms with van der Waals surface area (Å²) >= 11 is 0. The number of hydrogen-bond donors (Lipinski definition) is 2. The van der Waals surface area contributed by atoms with Crippen LogP contribution in [0.5, 0.6) is 0 Å². The molecule has 1 heterocycles. The van der Waals surface area contributed by atoms with Crippen molar-refractivity contribution in [2.45, 2.75) is 25.8 Å². The summed E-state index contributed by atoms with van der Waals surface area (Å²) in [5.41, 5.74) is 0. The number of methoxy groups -OCH3 is 1. The van der Waals surface area contributed by atoms with Gasteiger partial charge in [0.25, 0.3) is 0 Å². The summed E-state index contributed by atoms with van der Waals surface area (Å²) in [5.74, 6) is 0.239. The molecule has 100 valence electrons. The van der Waals surface area contributed by atoms with Gasteiger partial charge in [-0.3, -0.25) is 4.79 Å². The molecule has 0 radical (unpaired) electrons. The zero-order valence-electron chi connectivity index (χ0n) is 10.8. The zero-order valence-corrected chi connectivity index (χ0v) is 10.8. The SMILES string of the molecule is COCCOCCNC(=O)C1CCCNC1C. The van der Waals surface area contributed by atoms with Crippen LogP contribution in [0, 0.1) is 5.92 Å². The monoisotopic (exact) mass is 244 g/mol. The van der Waals surface area contributed by atoms with Gasteiger partial charge in [0.15, 0.2) is 0 Å². The van der Waals surface area contributed by atoms with Gasteiger partial charge in [0.05, 0.1) is 25.7 Å². The Bertz CT molecular complexity index is 224. The summed E-state index contributed by atoms with van der Waals surface area (Å²) in [4.78, 5) is 11.9. The van der Waals surface area contributed by atoms with Crippen LogP contribution in [0.2, 0.25) is 0 Å². The number of hydrogen-bond acceptors (Lipinski definition) is 4. The molecule has 17 heavy (non-hydrogen) atoms. The fraction of sp³-hybridized carbons (Fsp3) is 0.917. The van der Waals surface area contributed by atoms with Crippen LogP contribution >= 0.6 is 0 Å². The van der Waals surface area contributed by atoms with Crippen LogP contribution in [-0.4, -0.2) is 52.0 Å². The Hall–Kier alpha value is -0.650. The van der Waals surface area contributed by atoms with Crippen molar-refractivity contribution in [3.63, 3.8) is 0 Å². The van der Waals surface area contributed by atoms with E-state index in [0.29, 0.717) is 26.4 Å². The lowest BCUT2D eigenvalue weighted by molar-refractivity contribution is -0.126. The number of nitrogens with one attached hydrogen (secondary N) is 2. The molecule has 0 aliphatic carbocycles. The topological polar surface area (TPSA) is 59.6 Å². The van der Waals surface area contributed by atoms with Crippen LogP contribution in [0.4, 0.5) is 0 Å². The first-order valence-electron chi connectivity index (χ1n) is 6.33. The van der Waals surface area contributed by atoms with Crippen LogP contribution in [0.15, 0.2) is 0 Å². The zero-order chi connectivity index (χ0) is 12.5. The molecule has 1 rings (SSSR count). The van der Waals surface area contributed by atoms with E-state index in [4.69, 9.17) is 9.47 Å². The maximum atomic E-state index is 11.9. The van der Waals surface area contributed by atoms with Crippen molar-refractivity contribution < 1.29 is 14.3 Å². The fourth-order valence-electron chi connectivity index (χ4n) is 2.02. The molecule has 0 spiro atoms. The van der Waals surface area contributed by atoms with E-state index in [1.54, 1.807) is 7.11 Å². The van der Waals surface area contributed by atoms with E-state index >= 15 is 0 Å². The van der Waals surface area contributed by atoms with Crippen LogP contribution < -0.4 is 10.6 Å². The van der Waals surface area contributed by atoms with E-state index in [1.165, 1.54) is 0 Å². The molecule has 2 atom stereocenters.